The third kappa shape index (κ3) is 4.27. The zero-order valence-electron chi connectivity index (χ0n) is 13.6. The van der Waals surface area contributed by atoms with Crippen LogP contribution < -0.4 is 14.8 Å². The van der Waals surface area contributed by atoms with Gasteiger partial charge in [0.1, 0.15) is 11.5 Å². The van der Waals surface area contributed by atoms with Crippen LogP contribution >= 0.6 is 35.6 Å². The van der Waals surface area contributed by atoms with Crippen LogP contribution in [0.3, 0.4) is 0 Å². The molecular weight excluding hydrogens is 397 g/mol. The topological polar surface area (TPSA) is 43.6 Å². The van der Waals surface area contributed by atoms with Crippen LogP contribution in [-0.2, 0) is 13.1 Å². The van der Waals surface area contributed by atoms with Crippen LogP contribution in [0.2, 0.25) is 10.0 Å². The summed E-state index contributed by atoms with van der Waals surface area (Å²) < 4.78 is 16.6. The van der Waals surface area contributed by atoms with Crippen molar-refractivity contribution in [1.82, 2.24) is 5.32 Å². The van der Waals surface area contributed by atoms with Gasteiger partial charge in [-0.1, -0.05) is 29.3 Å². The highest BCUT2D eigenvalue weighted by molar-refractivity contribution is 6.35. The Morgan fingerprint density at radius 2 is 1.62 bits per heavy atom. The van der Waals surface area contributed by atoms with Gasteiger partial charge in [0.25, 0.3) is 0 Å². The molecule has 1 aliphatic heterocycles. The van der Waals surface area contributed by atoms with Crippen molar-refractivity contribution in [2.75, 3.05) is 6.79 Å². The van der Waals surface area contributed by atoms with Gasteiger partial charge >= 0.3 is 0 Å². The lowest BCUT2D eigenvalue weighted by Gasteiger charge is -2.05. The SMILES string of the molecule is Cl.Clc1cc(Cl)cc(-c2ccc(CNCc3ccc4c(c3)OCO4)o2)c1. The van der Waals surface area contributed by atoms with E-state index in [4.69, 9.17) is 37.1 Å². The highest BCUT2D eigenvalue weighted by atomic mass is 35.5. The summed E-state index contributed by atoms with van der Waals surface area (Å²) >= 11 is 12.1. The van der Waals surface area contributed by atoms with Crippen LogP contribution in [0.15, 0.2) is 52.9 Å². The van der Waals surface area contributed by atoms with Gasteiger partial charge in [0.15, 0.2) is 11.5 Å². The van der Waals surface area contributed by atoms with E-state index in [2.05, 4.69) is 5.32 Å². The third-order valence-corrected chi connectivity index (χ3v) is 4.31. The number of furan rings is 1. The minimum Gasteiger partial charge on any atom is -0.460 e. The van der Waals surface area contributed by atoms with E-state index < -0.39 is 0 Å². The number of halogens is 3. The van der Waals surface area contributed by atoms with Crippen molar-refractivity contribution in [3.05, 3.63) is 69.9 Å². The largest absolute Gasteiger partial charge is 0.460 e. The number of nitrogens with one attached hydrogen (secondary N) is 1. The van der Waals surface area contributed by atoms with Gasteiger partial charge in [0, 0.05) is 22.2 Å². The van der Waals surface area contributed by atoms with E-state index in [-0.39, 0.29) is 19.2 Å². The Kier molecular flexibility index (Phi) is 5.99. The van der Waals surface area contributed by atoms with Crippen LogP contribution in [0.4, 0.5) is 0 Å². The Morgan fingerprint density at radius 1 is 0.846 bits per heavy atom. The second kappa shape index (κ2) is 8.23. The predicted octanol–water partition coefficient (Wildman–Crippen LogP) is 5.69. The van der Waals surface area contributed by atoms with Gasteiger partial charge in [-0.3, -0.25) is 0 Å². The molecule has 3 aromatic rings. The summed E-state index contributed by atoms with van der Waals surface area (Å²) in [6.07, 6.45) is 0. The molecule has 0 atom stereocenters. The van der Waals surface area contributed by atoms with Crippen LogP contribution in [0, 0.1) is 0 Å². The zero-order chi connectivity index (χ0) is 17.2. The van der Waals surface area contributed by atoms with E-state index in [9.17, 15) is 0 Å². The number of ether oxygens (including phenoxy) is 2. The van der Waals surface area contributed by atoms with Crippen LogP contribution in [0.25, 0.3) is 11.3 Å². The summed E-state index contributed by atoms with van der Waals surface area (Å²) in [4.78, 5) is 0. The number of benzene rings is 2. The van der Waals surface area contributed by atoms with E-state index in [1.54, 1.807) is 6.07 Å². The summed E-state index contributed by atoms with van der Waals surface area (Å²) in [7, 11) is 0. The Morgan fingerprint density at radius 3 is 2.42 bits per heavy atom. The summed E-state index contributed by atoms with van der Waals surface area (Å²) in [5, 5.41) is 4.52. The monoisotopic (exact) mass is 411 g/mol. The molecule has 4 rings (SSSR count). The van der Waals surface area contributed by atoms with Crippen LogP contribution in [0.1, 0.15) is 11.3 Å². The maximum atomic E-state index is 6.04. The Bertz CT molecular complexity index is 891. The minimum absolute atomic E-state index is 0. The first-order chi connectivity index (χ1) is 12.2. The molecule has 0 amide bonds. The molecule has 26 heavy (non-hydrogen) atoms. The third-order valence-electron chi connectivity index (χ3n) is 3.87. The molecule has 0 saturated carbocycles. The number of rotatable bonds is 5. The average Bonchev–Trinajstić information content (AvgIpc) is 3.22. The molecule has 0 saturated heterocycles. The number of hydrogen-bond donors (Lipinski definition) is 1. The Labute approximate surface area is 167 Å². The van der Waals surface area contributed by atoms with E-state index in [1.807, 2.05) is 42.5 Å². The summed E-state index contributed by atoms with van der Waals surface area (Å²) in [6, 6.07) is 15.1. The maximum Gasteiger partial charge on any atom is 0.231 e. The molecule has 0 fully saturated rings. The van der Waals surface area contributed by atoms with Crippen molar-refractivity contribution in [2.45, 2.75) is 13.1 Å². The molecule has 1 aliphatic rings. The number of hydrogen-bond acceptors (Lipinski definition) is 4. The lowest BCUT2D eigenvalue weighted by molar-refractivity contribution is 0.174. The molecule has 2 aromatic carbocycles. The van der Waals surface area contributed by atoms with Gasteiger partial charge in [-0.15, -0.1) is 12.4 Å². The second-order valence-electron chi connectivity index (χ2n) is 5.72. The normalized spacial score (nSPS) is 12.1. The summed E-state index contributed by atoms with van der Waals surface area (Å²) in [5.74, 6) is 3.16. The first-order valence-corrected chi connectivity index (χ1v) is 8.57. The fraction of sp³-hybridized carbons (Fsp3) is 0.158. The quantitative estimate of drug-likeness (QED) is 0.584. The fourth-order valence-electron chi connectivity index (χ4n) is 2.71. The van der Waals surface area contributed by atoms with Gasteiger partial charge in [-0.2, -0.15) is 0 Å². The first-order valence-electron chi connectivity index (χ1n) is 7.82. The molecule has 1 aromatic heterocycles. The first kappa shape index (κ1) is 18.9. The van der Waals surface area contributed by atoms with E-state index in [1.165, 1.54) is 0 Å². The highest BCUT2D eigenvalue weighted by Crippen LogP contribution is 2.32. The molecule has 0 radical (unpaired) electrons. The summed E-state index contributed by atoms with van der Waals surface area (Å²) in [5.41, 5.74) is 1.98. The van der Waals surface area contributed by atoms with E-state index >= 15 is 0 Å². The molecule has 136 valence electrons. The maximum absolute atomic E-state index is 6.04. The smallest absolute Gasteiger partial charge is 0.231 e. The Hall–Kier alpha value is -1.85. The average molecular weight is 413 g/mol. The zero-order valence-corrected chi connectivity index (χ0v) is 16.0. The molecule has 0 aliphatic carbocycles. The van der Waals surface area contributed by atoms with Gasteiger partial charge in [0.05, 0.1) is 6.54 Å². The fourth-order valence-corrected chi connectivity index (χ4v) is 3.23. The lowest BCUT2D eigenvalue weighted by atomic mass is 10.2. The van der Waals surface area contributed by atoms with E-state index in [0.717, 1.165) is 34.1 Å². The van der Waals surface area contributed by atoms with Gasteiger partial charge in [-0.05, 0) is 48.0 Å². The standard InChI is InChI=1S/C19H15Cl2NO3.ClH/c20-14-6-13(7-15(21)8-14)17-4-2-16(25-17)10-22-9-12-1-3-18-19(5-12)24-11-23-18;/h1-8,22H,9-11H2;1H. The molecule has 2 heterocycles. The van der Waals surface area contributed by atoms with Crippen LogP contribution in [-0.4, -0.2) is 6.79 Å². The Balaban J connectivity index is 0.00000196. The van der Waals surface area contributed by atoms with Gasteiger partial charge in [0.2, 0.25) is 6.79 Å². The molecule has 1 N–H and O–H groups in total. The summed E-state index contributed by atoms with van der Waals surface area (Å²) in [6.45, 7) is 1.60. The molecule has 7 heteroatoms. The predicted molar refractivity (Wildman–Crippen MR) is 105 cm³/mol. The molecule has 4 nitrogen and oxygen atoms in total. The minimum atomic E-state index is 0. The van der Waals surface area contributed by atoms with Gasteiger partial charge < -0.3 is 19.2 Å². The van der Waals surface area contributed by atoms with Crippen molar-refractivity contribution in [2.24, 2.45) is 0 Å². The van der Waals surface area contributed by atoms with Gasteiger partial charge in [-0.25, -0.2) is 0 Å². The van der Waals surface area contributed by atoms with Crippen molar-refractivity contribution in [1.29, 1.82) is 0 Å². The lowest BCUT2D eigenvalue weighted by Crippen LogP contribution is -2.11. The van der Waals surface area contributed by atoms with Crippen molar-refractivity contribution in [3.8, 4) is 22.8 Å². The van der Waals surface area contributed by atoms with Crippen molar-refractivity contribution in [3.63, 3.8) is 0 Å². The van der Waals surface area contributed by atoms with E-state index in [0.29, 0.717) is 23.1 Å². The van der Waals surface area contributed by atoms with Crippen molar-refractivity contribution >= 4 is 35.6 Å². The van der Waals surface area contributed by atoms with Crippen molar-refractivity contribution < 1.29 is 13.9 Å². The molecule has 0 unspecified atom stereocenters. The highest BCUT2D eigenvalue weighted by Gasteiger charge is 2.13. The molecule has 0 spiro atoms. The second-order valence-corrected chi connectivity index (χ2v) is 6.59. The van der Waals surface area contributed by atoms with Crippen LogP contribution in [0.5, 0.6) is 11.5 Å². The number of fused-ring (bicyclic) bond motifs is 1. The molecule has 0 bridgehead atoms. The molecular formula is C19H16Cl3NO3.